The van der Waals surface area contributed by atoms with Crippen LogP contribution in [0.3, 0.4) is 0 Å². The Morgan fingerprint density at radius 1 is 1.10 bits per heavy atom. The molecule has 2 rings (SSSR count). The van der Waals surface area contributed by atoms with E-state index >= 15 is 0 Å². The fraction of sp³-hybridized carbons (Fsp3) is 0.0769. The van der Waals surface area contributed by atoms with Crippen molar-refractivity contribution in [3.63, 3.8) is 0 Å². The first kappa shape index (κ1) is 16.6. The predicted molar refractivity (Wildman–Crippen MR) is 93.3 cm³/mol. The van der Waals surface area contributed by atoms with Crippen LogP contribution in [-0.4, -0.2) is 15.5 Å². The summed E-state index contributed by atoms with van der Waals surface area (Å²) in [6.45, 7) is 0. The minimum absolute atomic E-state index is 0.0252. The molecule has 0 atom stereocenters. The molecule has 0 aliphatic carbocycles. The zero-order valence-corrected chi connectivity index (χ0v) is 15.6. The third kappa shape index (κ3) is 3.36. The average Bonchev–Trinajstić information content (AvgIpc) is 2.37. The Morgan fingerprint density at radius 3 is 2.24 bits per heavy atom. The molecule has 0 aromatic heterocycles. The molecule has 2 aromatic rings. The first-order chi connectivity index (χ1) is 9.73. The van der Waals surface area contributed by atoms with Gasteiger partial charge in [-0.2, -0.15) is 0 Å². The van der Waals surface area contributed by atoms with Crippen molar-refractivity contribution in [1.29, 1.82) is 0 Å². The zero-order valence-electron chi connectivity index (χ0n) is 10.8. The molecule has 112 valence electrons. The van der Waals surface area contributed by atoms with Gasteiger partial charge >= 0.3 is 0 Å². The van der Waals surface area contributed by atoms with Gasteiger partial charge in [-0.25, -0.2) is 8.42 Å². The van der Waals surface area contributed by atoms with Crippen LogP contribution in [-0.2, 0) is 10.0 Å². The number of nitrogens with zero attached hydrogens (tertiary/aromatic N) is 1. The second-order valence-electron chi connectivity index (χ2n) is 4.25. The largest absolute Gasteiger partial charge is 0.397 e. The highest BCUT2D eigenvalue weighted by Crippen LogP contribution is 2.33. The van der Waals surface area contributed by atoms with E-state index < -0.39 is 10.0 Å². The molecule has 0 fully saturated rings. The summed E-state index contributed by atoms with van der Waals surface area (Å²) in [6, 6.07) is 9.60. The summed E-state index contributed by atoms with van der Waals surface area (Å²) >= 11 is 12.6. The summed E-state index contributed by atoms with van der Waals surface area (Å²) in [4.78, 5) is 0.0252. The molecular weight excluding hydrogens is 443 g/mol. The minimum Gasteiger partial charge on any atom is -0.397 e. The topological polar surface area (TPSA) is 63.4 Å². The number of hydrogen-bond acceptors (Lipinski definition) is 3. The molecule has 0 radical (unpaired) electrons. The van der Waals surface area contributed by atoms with Crippen molar-refractivity contribution < 1.29 is 8.42 Å². The molecule has 2 aromatic carbocycles. The summed E-state index contributed by atoms with van der Waals surface area (Å²) in [6.07, 6.45) is 0. The summed E-state index contributed by atoms with van der Waals surface area (Å²) in [7, 11) is -2.35. The summed E-state index contributed by atoms with van der Waals surface area (Å²) in [5.74, 6) is 0. The van der Waals surface area contributed by atoms with Crippen molar-refractivity contribution >= 4 is 64.9 Å². The van der Waals surface area contributed by atoms with Crippen LogP contribution in [0.1, 0.15) is 0 Å². The van der Waals surface area contributed by atoms with E-state index in [1.54, 1.807) is 24.3 Å². The third-order valence-corrected chi connectivity index (χ3v) is 6.10. The number of anilines is 2. The van der Waals surface area contributed by atoms with E-state index in [9.17, 15) is 8.42 Å². The molecule has 2 N–H and O–H groups in total. The average molecular weight is 455 g/mol. The summed E-state index contributed by atoms with van der Waals surface area (Å²) in [5, 5.41) is 0.145. The van der Waals surface area contributed by atoms with E-state index in [1.165, 1.54) is 19.2 Å². The Morgan fingerprint density at radius 2 is 1.67 bits per heavy atom. The van der Waals surface area contributed by atoms with E-state index in [-0.39, 0.29) is 9.92 Å². The van der Waals surface area contributed by atoms with Gasteiger partial charge < -0.3 is 5.73 Å². The van der Waals surface area contributed by atoms with E-state index in [0.717, 1.165) is 8.78 Å². The Labute approximate surface area is 145 Å². The fourth-order valence-corrected chi connectivity index (χ4v) is 4.38. The molecule has 4 nitrogen and oxygen atoms in total. The van der Waals surface area contributed by atoms with Crippen molar-refractivity contribution in [2.75, 3.05) is 17.1 Å². The molecule has 0 bridgehead atoms. The molecule has 0 aliphatic heterocycles. The van der Waals surface area contributed by atoms with Crippen molar-refractivity contribution in [3.05, 3.63) is 50.4 Å². The van der Waals surface area contributed by atoms with Crippen molar-refractivity contribution in [2.45, 2.75) is 4.90 Å². The highest BCUT2D eigenvalue weighted by Gasteiger charge is 2.25. The van der Waals surface area contributed by atoms with Gasteiger partial charge in [0.25, 0.3) is 10.0 Å². The quantitative estimate of drug-likeness (QED) is 0.705. The van der Waals surface area contributed by atoms with Crippen LogP contribution in [0.4, 0.5) is 11.4 Å². The highest BCUT2D eigenvalue weighted by molar-refractivity contribution is 9.10. The van der Waals surface area contributed by atoms with Crippen molar-refractivity contribution in [2.24, 2.45) is 0 Å². The maximum Gasteiger partial charge on any atom is 0.265 e. The van der Waals surface area contributed by atoms with Gasteiger partial charge in [-0.3, -0.25) is 4.31 Å². The summed E-state index contributed by atoms with van der Waals surface area (Å²) < 4.78 is 27.9. The second-order valence-corrected chi connectivity index (χ2v) is 8.43. The van der Waals surface area contributed by atoms with Gasteiger partial charge in [-0.1, -0.05) is 43.5 Å². The van der Waals surface area contributed by atoms with Gasteiger partial charge in [-0.05, 0) is 36.4 Å². The van der Waals surface area contributed by atoms with Crippen LogP contribution >= 0.6 is 43.5 Å². The monoisotopic (exact) mass is 452 g/mol. The minimum atomic E-state index is -3.79. The Balaban J connectivity index is 2.52. The van der Waals surface area contributed by atoms with Gasteiger partial charge in [0.1, 0.15) is 4.90 Å². The van der Waals surface area contributed by atoms with E-state index in [0.29, 0.717) is 15.8 Å². The first-order valence-electron chi connectivity index (χ1n) is 5.72. The molecule has 0 saturated carbocycles. The molecule has 0 unspecified atom stereocenters. The lowest BCUT2D eigenvalue weighted by atomic mass is 10.3. The SMILES string of the molecule is CN(c1ccc(Br)cc1N)S(=O)(=O)c1ccc(Br)cc1Cl. The number of nitrogen functional groups attached to an aromatic ring is 1. The van der Waals surface area contributed by atoms with Gasteiger partial charge in [0.05, 0.1) is 16.4 Å². The number of halogens is 3. The lowest BCUT2D eigenvalue weighted by molar-refractivity contribution is 0.594. The van der Waals surface area contributed by atoms with Gasteiger partial charge in [0.15, 0.2) is 0 Å². The first-order valence-corrected chi connectivity index (χ1v) is 9.13. The Hall–Kier alpha value is -0.760. The Kier molecular flexibility index (Phi) is 4.87. The lowest BCUT2D eigenvalue weighted by Crippen LogP contribution is -2.27. The lowest BCUT2D eigenvalue weighted by Gasteiger charge is -2.21. The van der Waals surface area contributed by atoms with Crippen LogP contribution in [0.15, 0.2) is 50.2 Å². The molecule has 0 amide bonds. The number of nitrogens with two attached hydrogens (primary N) is 1. The standard InChI is InChI=1S/C13H11Br2ClN2O2S/c1-18(12-4-2-9(15)7-11(12)17)21(19,20)13-5-3-8(14)6-10(13)16/h2-7H,17H2,1H3. The molecular formula is C13H11Br2ClN2O2S. The second kappa shape index (κ2) is 6.16. The molecule has 0 saturated heterocycles. The van der Waals surface area contributed by atoms with Crippen LogP contribution in [0.25, 0.3) is 0 Å². The molecule has 0 aliphatic rings. The Bertz CT molecular complexity index is 797. The van der Waals surface area contributed by atoms with E-state index in [2.05, 4.69) is 31.9 Å². The molecule has 21 heavy (non-hydrogen) atoms. The van der Waals surface area contributed by atoms with Crippen molar-refractivity contribution in [1.82, 2.24) is 0 Å². The molecule has 0 spiro atoms. The van der Waals surface area contributed by atoms with E-state index in [4.69, 9.17) is 17.3 Å². The smallest absolute Gasteiger partial charge is 0.265 e. The maximum atomic E-state index is 12.7. The number of sulfonamides is 1. The number of rotatable bonds is 3. The van der Waals surface area contributed by atoms with Crippen LogP contribution in [0, 0.1) is 0 Å². The van der Waals surface area contributed by atoms with Crippen LogP contribution in [0.5, 0.6) is 0 Å². The van der Waals surface area contributed by atoms with E-state index in [1.807, 2.05) is 0 Å². The highest BCUT2D eigenvalue weighted by atomic mass is 79.9. The summed E-state index contributed by atoms with van der Waals surface area (Å²) in [5.41, 5.74) is 6.62. The third-order valence-electron chi connectivity index (χ3n) is 2.86. The number of benzene rings is 2. The maximum absolute atomic E-state index is 12.7. The normalized spacial score (nSPS) is 11.4. The van der Waals surface area contributed by atoms with Crippen molar-refractivity contribution in [3.8, 4) is 0 Å². The van der Waals surface area contributed by atoms with Gasteiger partial charge in [0, 0.05) is 16.0 Å². The van der Waals surface area contributed by atoms with Crippen LogP contribution in [0.2, 0.25) is 5.02 Å². The number of hydrogen-bond donors (Lipinski definition) is 1. The van der Waals surface area contributed by atoms with Gasteiger partial charge in [-0.15, -0.1) is 0 Å². The predicted octanol–water partition coefficient (Wildman–Crippen LogP) is 4.27. The zero-order chi connectivity index (χ0) is 15.8. The van der Waals surface area contributed by atoms with Crippen LogP contribution < -0.4 is 10.0 Å². The molecule has 0 heterocycles. The molecule has 8 heteroatoms. The van der Waals surface area contributed by atoms with Gasteiger partial charge in [0.2, 0.25) is 0 Å². The fourth-order valence-electron chi connectivity index (χ4n) is 1.77.